The van der Waals surface area contributed by atoms with Gasteiger partial charge in [-0.1, -0.05) is 22.9 Å². The first-order valence-electron chi connectivity index (χ1n) is 10.4. The summed E-state index contributed by atoms with van der Waals surface area (Å²) < 4.78 is 14.2. The Labute approximate surface area is 207 Å². The fourth-order valence-corrected chi connectivity index (χ4v) is 5.08. The minimum atomic E-state index is -0.484. The van der Waals surface area contributed by atoms with E-state index in [1.54, 1.807) is 28.0 Å². The van der Waals surface area contributed by atoms with E-state index in [9.17, 15) is 14.0 Å². The highest BCUT2D eigenvalue weighted by molar-refractivity contribution is 7.22. The highest BCUT2D eigenvalue weighted by Gasteiger charge is 2.38. The zero-order valence-corrected chi connectivity index (χ0v) is 20.7. The van der Waals surface area contributed by atoms with Gasteiger partial charge >= 0.3 is 0 Å². The number of hydrogen-bond donors (Lipinski definition) is 0. The molecule has 2 heterocycles. The number of benzene rings is 2. The molecule has 1 aromatic heterocycles. The normalized spacial score (nSPS) is 15.8. The first-order valence-corrected chi connectivity index (χ1v) is 11.6. The maximum absolute atomic E-state index is 13.6. The second-order valence-electron chi connectivity index (χ2n) is 8.14. The summed E-state index contributed by atoms with van der Waals surface area (Å²) >= 11 is 7.54. The van der Waals surface area contributed by atoms with E-state index in [4.69, 9.17) is 11.6 Å². The monoisotopic (exact) mass is 510 g/mol. The first-order chi connectivity index (χ1) is 15.3. The Morgan fingerprint density at radius 1 is 1.21 bits per heavy atom. The lowest BCUT2D eigenvalue weighted by atomic mass is 10.1. The molecule has 2 aromatic carbocycles. The molecule has 2 amide bonds. The highest BCUT2D eigenvalue weighted by atomic mass is 35.5. The largest absolute Gasteiger partial charge is 0.312 e. The second-order valence-corrected chi connectivity index (χ2v) is 9.58. The van der Waals surface area contributed by atoms with Crippen LogP contribution in [0.15, 0.2) is 42.5 Å². The number of aromatic nitrogens is 1. The number of carbonyl (C=O) groups excluding carboxylic acids is 2. The molecule has 0 N–H and O–H groups in total. The number of amides is 2. The summed E-state index contributed by atoms with van der Waals surface area (Å²) in [5.74, 6) is -1.11. The van der Waals surface area contributed by atoms with Crippen LogP contribution < -0.4 is 9.80 Å². The maximum atomic E-state index is 13.6. The number of rotatable bonds is 7. The molecule has 10 heteroatoms. The van der Waals surface area contributed by atoms with Gasteiger partial charge in [0.25, 0.3) is 0 Å². The van der Waals surface area contributed by atoms with Crippen molar-refractivity contribution in [2.45, 2.75) is 12.8 Å². The fraction of sp³-hybridized carbons (Fsp3) is 0.348. The van der Waals surface area contributed by atoms with Crippen molar-refractivity contribution >= 4 is 68.2 Å². The number of hydrogen-bond acceptors (Lipinski definition) is 5. The van der Waals surface area contributed by atoms with Gasteiger partial charge in [0.15, 0.2) is 5.13 Å². The van der Waals surface area contributed by atoms with E-state index < -0.39 is 5.92 Å². The number of anilines is 2. The molecule has 1 aliphatic heterocycles. The molecule has 0 saturated carbocycles. The Morgan fingerprint density at radius 3 is 2.64 bits per heavy atom. The molecular weight excluding hydrogens is 486 g/mol. The standard InChI is InChI=1S/C23H24ClFN4O2S.ClH/c1-27(2)10-3-11-28(23-26-19-9-4-16(24)13-20(19)32-23)22(31)15-12-21(30)29(14-15)18-7-5-17(25)6-8-18;/h4-9,13,15H,3,10-12,14H2,1-2H3;1H. The number of fused-ring (bicyclic) bond motifs is 1. The van der Waals surface area contributed by atoms with Gasteiger partial charge in [0.1, 0.15) is 5.82 Å². The van der Waals surface area contributed by atoms with Crippen LogP contribution >= 0.6 is 35.3 Å². The average molecular weight is 511 g/mol. The van der Waals surface area contributed by atoms with Crippen molar-refractivity contribution < 1.29 is 14.0 Å². The molecule has 6 nitrogen and oxygen atoms in total. The molecule has 0 bridgehead atoms. The van der Waals surface area contributed by atoms with Crippen LogP contribution in [0, 0.1) is 11.7 Å². The predicted octanol–water partition coefficient (Wildman–Crippen LogP) is 4.85. The zero-order valence-electron chi connectivity index (χ0n) is 18.3. The Kier molecular flexibility index (Phi) is 8.28. The van der Waals surface area contributed by atoms with Gasteiger partial charge in [-0.15, -0.1) is 12.4 Å². The van der Waals surface area contributed by atoms with E-state index in [2.05, 4.69) is 9.88 Å². The third-order valence-corrected chi connectivity index (χ3v) is 6.71. The molecule has 0 radical (unpaired) electrons. The smallest absolute Gasteiger partial charge is 0.234 e. The number of thiazole rings is 1. The minimum absolute atomic E-state index is 0. The molecule has 1 unspecified atom stereocenters. The predicted molar refractivity (Wildman–Crippen MR) is 134 cm³/mol. The lowest BCUT2D eigenvalue weighted by Crippen LogP contribution is -2.39. The quantitative estimate of drug-likeness (QED) is 0.455. The van der Waals surface area contributed by atoms with Crippen LogP contribution in [-0.2, 0) is 9.59 Å². The zero-order chi connectivity index (χ0) is 22.8. The van der Waals surface area contributed by atoms with Crippen LogP contribution in [0.4, 0.5) is 15.2 Å². The van der Waals surface area contributed by atoms with E-state index in [0.717, 1.165) is 23.2 Å². The van der Waals surface area contributed by atoms with Crippen LogP contribution in [0.1, 0.15) is 12.8 Å². The summed E-state index contributed by atoms with van der Waals surface area (Å²) in [5.41, 5.74) is 1.38. The van der Waals surface area contributed by atoms with Crippen LogP contribution in [0.3, 0.4) is 0 Å². The Balaban J connectivity index is 0.00000306. The van der Waals surface area contributed by atoms with Crippen molar-refractivity contribution in [2.24, 2.45) is 5.92 Å². The van der Waals surface area contributed by atoms with E-state index in [-0.39, 0.29) is 43.0 Å². The van der Waals surface area contributed by atoms with Crippen molar-refractivity contribution in [3.05, 3.63) is 53.3 Å². The van der Waals surface area contributed by atoms with Gasteiger partial charge in [0, 0.05) is 30.2 Å². The molecule has 0 spiro atoms. The van der Waals surface area contributed by atoms with E-state index in [0.29, 0.717) is 22.4 Å². The van der Waals surface area contributed by atoms with Gasteiger partial charge in [-0.25, -0.2) is 9.37 Å². The third-order valence-electron chi connectivity index (χ3n) is 5.44. The molecule has 1 saturated heterocycles. The topological polar surface area (TPSA) is 56.8 Å². The number of nitrogens with zero attached hydrogens (tertiary/aromatic N) is 4. The molecule has 1 fully saturated rings. The van der Waals surface area contributed by atoms with Gasteiger partial charge < -0.3 is 9.80 Å². The van der Waals surface area contributed by atoms with Gasteiger partial charge in [-0.3, -0.25) is 14.5 Å². The van der Waals surface area contributed by atoms with Crippen LogP contribution in [-0.4, -0.2) is 55.4 Å². The average Bonchev–Trinajstić information content (AvgIpc) is 3.34. The SMILES string of the molecule is CN(C)CCCN(C(=O)C1CC(=O)N(c2ccc(F)cc2)C1)c1nc2ccc(Cl)cc2s1.Cl. The number of halogens is 3. The fourth-order valence-electron chi connectivity index (χ4n) is 3.81. The summed E-state index contributed by atoms with van der Waals surface area (Å²) in [6.45, 7) is 1.60. The van der Waals surface area contributed by atoms with Crippen LogP contribution in [0.2, 0.25) is 5.02 Å². The van der Waals surface area contributed by atoms with Crippen molar-refractivity contribution in [3.8, 4) is 0 Å². The number of carbonyl (C=O) groups is 2. The molecule has 33 heavy (non-hydrogen) atoms. The van der Waals surface area contributed by atoms with Crippen LogP contribution in [0.5, 0.6) is 0 Å². The van der Waals surface area contributed by atoms with E-state index >= 15 is 0 Å². The summed E-state index contributed by atoms with van der Waals surface area (Å²) in [6.07, 6.45) is 0.898. The van der Waals surface area contributed by atoms with E-state index in [1.165, 1.54) is 23.5 Å². The summed E-state index contributed by atoms with van der Waals surface area (Å²) in [4.78, 5) is 36.2. The van der Waals surface area contributed by atoms with Crippen molar-refractivity contribution in [1.29, 1.82) is 0 Å². The molecule has 4 rings (SSSR count). The maximum Gasteiger partial charge on any atom is 0.234 e. The van der Waals surface area contributed by atoms with Crippen molar-refractivity contribution in [3.63, 3.8) is 0 Å². The second kappa shape index (κ2) is 10.8. The lowest BCUT2D eigenvalue weighted by molar-refractivity contribution is -0.124. The van der Waals surface area contributed by atoms with Crippen molar-refractivity contribution in [1.82, 2.24) is 9.88 Å². The Morgan fingerprint density at radius 2 is 1.94 bits per heavy atom. The first kappa shape index (κ1) is 25.4. The molecule has 3 aromatic rings. The molecular formula is C23H25Cl2FN4O2S. The highest BCUT2D eigenvalue weighted by Crippen LogP contribution is 2.33. The third kappa shape index (κ3) is 5.81. The van der Waals surface area contributed by atoms with E-state index in [1.807, 2.05) is 26.2 Å². The van der Waals surface area contributed by atoms with Gasteiger partial charge in [-0.05, 0) is 69.5 Å². The summed E-state index contributed by atoms with van der Waals surface area (Å²) in [5, 5.41) is 1.23. The van der Waals surface area contributed by atoms with Crippen LogP contribution in [0.25, 0.3) is 10.2 Å². The molecule has 0 aliphatic carbocycles. The van der Waals surface area contributed by atoms with Gasteiger partial charge in [0.2, 0.25) is 11.8 Å². The summed E-state index contributed by atoms with van der Waals surface area (Å²) in [6, 6.07) is 11.2. The van der Waals surface area contributed by atoms with Gasteiger partial charge in [0.05, 0.1) is 16.1 Å². The molecule has 1 atom stereocenters. The lowest BCUT2D eigenvalue weighted by Gasteiger charge is -2.24. The molecule has 1 aliphatic rings. The minimum Gasteiger partial charge on any atom is -0.312 e. The summed E-state index contributed by atoms with van der Waals surface area (Å²) in [7, 11) is 3.98. The Bertz CT molecular complexity index is 1140. The Hall–Kier alpha value is -2.26. The van der Waals surface area contributed by atoms with Gasteiger partial charge in [-0.2, -0.15) is 0 Å². The molecule has 176 valence electrons. The van der Waals surface area contributed by atoms with Crippen molar-refractivity contribution in [2.75, 3.05) is 43.5 Å².